The van der Waals surface area contributed by atoms with E-state index >= 15 is 0 Å². The summed E-state index contributed by atoms with van der Waals surface area (Å²) in [5, 5.41) is 13.3. The van der Waals surface area contributed by atoms with Gasteiger partial charge in [0, 0.05) is 10.7 Å². The molecule has 19 heavy (non-hydrogen) atoms. The number of nitrogens with one attached hydrogen (secondary N) is 1. The van der Waals surface area contributed by atoms with Crippen molar-refractivity contribution < 1.29 is 0 Å². The van der Waals surface area contributed by atoms with Gasteiger partial charge in [0.25, 0.3) is 0 Å². The smallest absolute Gasteiger partial charge is 0.140 e. The lowest BCUT2D eigenvalue weighted by molar-refractivity contribution is 0.976. The van der Waals surface area contributed by atoms with Crippen LogP contribution in [-0.2, 0) is 0 Å². The number of nitrogens with zero attached hydrogens (tertiary/aromatic N) is 1. The van der Waals surface area contributed by atoms with E-state index < -0.39 is 0 Å². The van der Waals surface area contributed by atoms with Gasteiger partial charge < -0.3 is 5.32 Å². The minimum atomic E-state index is -0.360. The quantitative estimate of drug-likeness (QED) is 0.882. The summed E-state index contributed by atoms with van der Waals surface area (Å²) < 4.78 is 0. The van der Waals surface area contributed by atoms with E-state index in [1.54, 1.807) is 12.1 Å². The van der Waals surface area contributed by atoms with Crippen LogP contribution < -0.4 is 5.32 Å². The van der Waals surface area contributed by atoms with Gasteiger partial charge in [0.15, 0.2) is 0 Å². The molecular formula is C16H15ClN2. The monoisotopic (exact) mass is 270 g/mol. The first-order chi connectivity index (χ1) is 9.11. The SMILES string of the molecule is Cc1cccc(C(C#N)Nc2ccc(Cl)cc2)c1C. The molecule has 0 saturated carbocycles. The molecule has 0 aromatic heterocycles. The Morgan fingerprint density at radius 2 is 1.79 bits per heavy atom. The van der Waals surface area contributed by atoms with E-state index in [-0.39, 0.29) is 6.04 Å². The molecule has 96 valence electrons. The number of nitriles is 1. The summed E-state index contributed by atoms with van der Waals surface area (Å²) in [6.07, 6.45) is 0. The maximum atomic E-state index is 9.37. The second-order valence-electron chi connectivity index (χ2n) is 4.50. The predicted molar refractivity (Wildman–Crippen MR) is 79.3 cm³/mol. The predicted octanol–water partition coefficient (Wildman–Crippen LogP) is 4.63. The van der Waals surface area contributed by atoms with Gasteiger partial charge in [-0.15, -0.1) is 0 Å². The van der Waals surface area contributed by atoms with Gasteiger partial charge in [-0.1, -0.05) is 29.8 Å². The van der Waals surface area contributed by atoms with E-state index in [9.17, 15) is 5.26 Å². The number of anilines is 1. The third-order valence-corrected chi connectivity index (χ3v) is 3.49. The second kappa shape index (κ2) is 5.77. The van der Waals surface area contributed by atoms with Crippen LogP contribution in [0.3, 0.4) is 0 Å². The molecule has 2 nitrogen and oxygen atoms in total. The van der Waals surface area contributed by atoms with Crippen LogP contribution in [0.1, 0.15) is 22.7 Å². The van der Waals surface area contributed by atoms with Crippen LogP contribution in [0, 0.1) is 25.2 Å². The standard InChI is InChI=1S/C16H15ClN2/c1-11-4-3-5-15(12(11)2)16(10-18)19-14-8-6-13(17)7-9-14/h3-9,16,19H,1-2H3. The number of aryl methyl sites for hydroxylation is 1. The molecule has 2 rings (SSSR count). The molecule has 2 aromatic carbocycles. The molecule has 2 aromatic rings. The minimum absolute atomic E-state index is 0.360. The average molecular weight is 271 g/mol. The maximum Gasteiger partial charge on any atom is 0.140 e. The van der Waals surface area contributed by atoms with E-state index in [0.717, 1.165) is 16.8 Å². The van der Waals surface area contributed by atoms with Crippen molar-refractivity contribution in [2.24, 2.45) is 0 Å². The lowest BCUT2D eigenvalue weighted by atomic mass is 9.98. The van der Waals surface area contributed by atoms with Crippen molar-refractivity contribution in [3.05, 3.63) is 64.2 Å². The lowest BCUT2D eigenvalue weighted by Gasteiger charge is -2.16. The summed E-state index contributed by atoms with van der Waals surface area (Å²) in [6.45, 7) is 4.09. The Labute approximate surface area is 118 Å². The summed E-state index contributed by atoms with van der Waals surface area (Å²) in [5.74, 6) is 0. The molecule has 0 heterocycles. The summed E-state index contributed by atoms with van der Waals surface area (Å²) in [6, 6.07) is 15.3. The third-order valence-electron chi connectivity index (χ3n) is 3.24. The highest BCUT2D eigenvalue weighted by Gasteiger charge is 2.13. The first-order valence-corrected chi connectivity index (χ1v) is 6.47. The van der Waals surface area contributed by atoms with Gasteiger partial charge >= 0.3 is 0 Å². The zero-order valence-corrected chi connectivity index (χ0v) is 11.7. The van der Waals surface area contributed by atoms with Gasteiger partial charge in [0.05, 0.1) is 6.07 Å². The third kappa shape index (κ3) is 3.07. The van der Waals surface area contributed by atoms with Crippen LogP contribution in [0.2, 0.25) is 5.02 Å². The fraction of sp³-hybridized carbons (Fsp3) is 0.188. The lowest BCUT2D eigenvalue weighted by Crippen LogP contribution is -2.10. The maximum absolute atomic E-state index is 9.37. The highest BCUT2D eigenvalue weighted by Crippen LogP contribution is 2.24. The van der Waals surface area contributed by atoms with Gasteiger partial charge in [0.2, 0.25) is 0 Å². The van der Waals surface area contributed by atoms with Crippen LogP contribution in [0.25, 0.3) is 0 Å². The fourth-order valence-corrected chi connectivity index (χ4v) is 2.10. The van der Waals surface area contributed by atoms with Gasteiger partial charge in [-0.3, -0.25) is 0 Å². The zero-order chi connectivity index (χ0) is 13.8. The van der Waals surface area contributed by atoms with Gasteiger partial charge in [-0.05, 0) is 54.8 Å². The topological polar surface area (TPSA) is 35.8 Å². The minimum Gasteiger partial charge on any atom is -0.366 e. The van der Waals surface area contributed by atoms with Crippen molar-refractivity contribution in [1.82, 2.24) is 0 Å². The molecule has 0 radical (unpaired) electrons. The van der Waals surface area contributed by atoms with E-state index in [0.29, 0.717) is 5.02 Å². The van der Waals surface area contributed by atoms with Crippen molar-refractivity contribution in [2.45, 2.75) is 19.9 Å². The normalized spacial score (nSPS) is 11.7. The van der Waals surface area contributed by atoms with Crippen LogP contribution in [0.15, 0.2) is 42.5 Å². The van der Waals surface area contributed by atoms with Crippen LogP contribution in [0.4, 0.5) is 5.69 Å². The summed E-state index contributed by atoms with van der Waals surface area (Å²) in [5.41, 5.74) is 4.24. The molecule has 0 amide bonds. The Bertz CT molecular complexity index is 612. The van der Waals surface area contributed by atoms with Crippen LogP contribution in [-0.4, -0.2) is 0 Å². The Balaban J connectivity index is 2.28. The van der Waals surface area contributed by atoms with Gasteiger partial charge in [-0.2, -0.15) is 5.26 Å². The van der Waals surface area contributed by atoms with Gasteiger partial charge in [-0.25, -0.2) is 0 Å². The Morgan fingerprint density at radius 1 is 1.11 bits per heavy atom. The van der Waals surface area contributed by atoms with Crippen molar-refractivity contribution in [2.75, 3.05) is 5.32 Å². The highest BCUT2D eigenvalue weighted by molar-refractivity contribution is 6.30. The largest absolute Gasteiger partial charge is 0.366 e. The molecule has 1 atom stereocenters. The number of hydrogen-bond donors (Lipinski definition) is 1. The molecule has 3 heteroatoms. The summed E-state index contributed by atoms with van der Waals surface area (Å²) in [4.78, 5) is 0. The number of benzene rings is 2. The van der Waals surface area contributed by atoms with Crippen molar-refractivity contribution in [1.29, 1.82) is 5.26 Å². The Morgan fingerprint density at radius 3 is 2.42 bits per heavy atom. The Kier molecular flexibility index (Phi) is 4.09. The number of rotatable bonds is 3. The second-order valence-corrected chi connectivity index (χ2v) is 4.94. The molecule has 1 unspecified atom stereocenters. The number of hydrogen-bond acceptors (Lipinski definition) is 2. The molecule has 0 saturated heterocycles. The molecule has 0 bridgehead atoms. The molecule has 0 aliphatic carbocycles. The molecule has 0 fully saturated rings. The summed E-state index contributed by atoms with van der Waals surface area (Å²) >= 11 is 5.85. The highest BCUT2D eigenvalue weighted by atomic mass is 35.5. The first-order valence-electron chi connectivity index (χ1n) is 6.09. The van der Waals surface area contributed by atoms with E-state index in [1.165, 1.54) is 5.56 Å². The molecular weight excluding hydrogens is 256 g/mol. The van der Waals surface area contributed by atoms with Crippen LogP contribution >= 0.6 is 11.6 Å². The van der Waals surface area contributed by atoms with Crippen molar-refractivity contribution >= 4 is 17.3 Å². The fourth-order valence-electron chi connectivity index (χ4n) is 1.98. The molecule has 0 aliphatic heterocycles. The molecule has 0 spiro atoms. The van der Waals surface area contributed by atoms with E-state index in [2.05, 4.69) is 24.4 Å². The van der Waals surface area contributed by atoms with Gasteiger partial charge in [0.1, 0.15) is 6.04 Å². The molecule has 1 N–H and O–H groups in total. The van der Waals surface area contributed by atoms with E-state index in [1.807, 2.05) is 31.2 Å². The van der Waals surface area contributed by atoms with Crippen molar-refractivity contribution in [3.8, 4) is 6.07 Å². The Hall–Kier alpha value is -1.98. The van der Waals surface area contributed by atoms with Crippen molar-refractivity contribution in [3.63, 3.8) is 0 Å². The summed E-state index contributed by atoms with van der Waals surface area (Å²) in [7, 11) is 0. The average Bonchev–Trinajstić information content (AvgIpc) is 2.42. The first kappa shape index (κ1) is 13.5. The number of halogens is 1. The zero-order valence-electron chi connectivity index (χ0n) is 10.9. The molecule has 0 aliphatic rings. The van der Waals surface area contributed by atoms with E-state index in [4.69, 9.17) is 11.6 Å². The van der Waals surface area contributed by atoms with Crippen LogP contribution in [0.5, 0.6) is 0 Å².